The van der Waals surface area contributed by atoms with Crippen LogP contribution >= 0.6 is 11.3 Å². The van der Waals surface area contributed by atoms with Crippen LogP contribution in [-0.4, -0.2) is 31.9 Å². The highest BCUT2D eigenvalue weighted by Crippen LogP contribution is 2.26. The first-order valence-electron chi connectivity index (χ1n) is 8.72. The summed E-state index contributed by atoms with van der Waals surface area (Å²) in [6.45, 7) is 8.46. The number of nitrogens with zero attached hydrogens (tertiary/aromatic N) is 1. The summed E-state index contributed by atoms with van der Waals surface area (Å²) in [5, 5.41) is 0. The van der Waals surface area contributed by atoms with Gasteiger partial charge >= 0.3 is 0 Å². The van der Waals surface area contributed by atoms with Gasteiger partial charge in [-0.1, -0.05) is 31.2 Å². The molecule has 0 fully saturated rings. The third kappa shape index (κ3) is 4.14. The van der Waals surface area contributed by atoms with Gasteiger partial charge in [-0.3, -0.25) is 4.90 Å². The number of sulfonamides is 1. The lowest BCUT2D eigenvalue weighted by atomic mass is 9.94. The summed E-state index contributed by atoms with van der Waals surface area (Å²) in [6.07, 6.45) is 1.87. The molecule has 2 aromatic rings. The quantitative estimate of drug-likeness (QED) is 0.838. The van der Waals surface area contributed by atoms with E-state index >= 15 is 0 Å². The van der Waals surface area contributed by atoms with Crippen molar-refractivity contribution in [3.8, 4) is 0 Å². The Balaban J connectivity index is 1.67. The van der Waals surface area contributed by atoms with Gasteiger partial charge in [0.2, 0.25) is 10.0 Å². The second-order valence-electron chi connectivity index (χ2n) is 7.15. The maximum Gasteiger partial charge on any atom is 0.250 e. The minimum Gasteiger partial charge on any atom is -0.292 e. The van der Waals surface area contributed by atoms with Gasteiger partial charge in [0.25, 0.3) is 0 Å². The van der Waals surface area contributed by atoms with E-state index in [4.69, 9.17) is 0 Å². The van der Waals surface area contributed by atoms with Gasteiger partial charge in [0.1, 0.15) is 4.21 Å². The number of aryl methyl sites for hydroxylation is 1. The molecule has 0 amide bonds. The molecule has 1 aliphatic rings. The van der Waals surface area contributed by atoms with Crippen LogP contribution in [-0.2, 0) is 29.4 Å². The molecule has 4 nitrogen and oxygen atoms in total. The summed E-state index contributed by atoms with van der Waals surface area (Å²) in [4.78, 5) is 3.45. The van der Waals surface area contributed by atoms with E-state index in [1.54, 1.807) is 6.07 Å². The van der Waals surface area contributed by atoms with E-state index in [0.717, 1.165) is 30.8 Å². The monoisotopic (exact) mass is 378 g/mol. The lowest BCUT2D eigenvalue weighted by Crippen LogP contribution is -2.53. The Labute approximate surface area is 154 Å². The summed E-state index contributed by atoms with van der Waals surface area (Å²) in [5.41, 5.74) is 2.50. The minimum atomic E-state index is -3.44. The van der Waals surface area contributed by atoms with Gasteiger partial charge in [0.05, 0.1) is 0 Å². The van der Waals surface area contributed by atoms with Gasteiger partial charge in [-0.2, -0.15) is 0 Å². The molecule has 0 atom stereocenters. The molecule has 136 valence electrons. The molecule has 0 saturated carbocycles. The second-order valence-corrected chi connectivity index (χ2v) is 10.3. The highest BCUT2D eigenvalue weighted by atomic mass is 32.2. The standard InChI is InChI=1S/C19H26N2O2S2/c1-4-17-9-10-18(24-17)25(22,23)20-14-19(2,3)21-12-11-15-7-5-6-8-16(15)13-21/h5-10,20H,4,11-14H2,1-3H3. The van der Waals surface area contributed by atoms with Crippen molar-refractivity contribution in [2.24, 2.45) is 0 Å². The summed E-state index contributed by atoms with van der Waals surface area (Å²) in [7, 11) is -3.44. The van der Waals surface area contributed by atoms with Crippen LogP contribution in [0.4, 0.5) is 0 Å². The van der Waals surface area contributed by atoms with Crippen LogP contribution in [0.25, 0.3) is 0 Å². The van der Waals surface area contributed by atoms with Gasteiger partial charge < -0.3 is 0 Å². The molecule has 1 N–H and O–H groups in total. The Morgan fingerprint density at radius 2 is 1.88 bits per heavy atom. The van der Waals surface area contributed by atoms with Crippen LogP contribution in [0.2, 0.25) is 0 Å². The molecule has 6 heteroatoms. The third-order valence-electron chi connectivity index (χ3n) is 4.93. The molecule has 1 aliphatic heterocycles. The van der Waals surface area contributed by atoms with Gasteiger partial charge in [-0.25, -0.2) is 13.1 Å². The zero-order valence-electron chi connectivity index (χ0n) is 15.1. The molecule has 2 heterocycles. The fourth-order valence-electron chi connectivity index (χ4n) is 3.16. The molecule has 0 bridgehead atoms. The van der Waals surface area contributed by atoms with Crippen LogP contribution in [0.5, 0.6) is 0 Å². The van der Waals surface area contributed by atoms with Crippen molar-refractivity contribution in [1.82, 2.24) is 9.62 Å². The number of fused-ring (bicyclic) bond motifs is 1. The third-order valence-corrected chi connectivity index (χ3v) is 8.05. The minimum absolute atomic E-state index is 0.245. The summed E-state index contributed by atoms with van der Waals surface area (Å²) in [5.74, 6) is 0. The van der Waals surface area contributed by atoms with Gasteiger partial charge in [0.15, 0.2) is 0 Å². The van der Waals surface area contributed by atoms with E-state index in [-0.39, 0.29) is 5.54 Å². The SMILES string of the molecule is CCc1ccc(S(=O)(=O)NCC(C)(C)N2CCc3ccccc3C2)s1. The zero-order valence-corrected chi connectivity index (χ0v) is 16.7. The van der Waals surface area contributed by atoms with Crippen molar-refractivity contribution in [2.75, 3.05) is 13.1 Å². The maximum absolute atomic E-state index is 12.6. The van der Waals surface area contributed by atoms with Crippen LogP contribution < -0.4 is 4.72 Å². The second kappa shape index (κ2) is 7.19. The van der Waals surface area contributed by atoms with Crippen molar-refractivity contribution in [2.45, 2.75) is 49.9 Å². The van der Waals surface area contributed by atoms with E-state index < -0.39 is 10.0 Å². The van der Waals surface area contributed by atoms with Gasteiger partial charge in [-0.15, -0.1) is 11.3 Å². The molecular formula is C19H26N2O2S2. The Hall–Kier alpha value is -1.21. The molecule has 0 aliphatic carbocycles. The fraction of sp³-hybridized carbons (Fsp3) is 0.474. The molecule has 0 saturated heterocycles. The highest BCUT2D eigenvalue weighted by Gasteiger charge is 2.31. The van der Waals surface area contributed by atoms with Crippen molar-refractivity contribution in [3.05, 3.63) is 52.4 Å². The predicted octanol–water partition coefficient (Wildman–Crippen LogP) is 3.43. The molecule has 3 rings (SSSR count). The first kappa shape index (κ1) is 18.6. The first-order chi connectivity index (χ1) is 11.8. The summed E-state index contributed by atoms with van der Waals surface area (Å²) >= 11 is 1.35. The van der Waals surface area contributed by atoms with E-state index in [1.807, 2.05) is 13.0 Å². The van der Waals surface area contributed by atoms with Crippen molar-refractivity contribution < 1.29 is 8.42 Å². The van der Waals surface area contributed by atoms with Gasteiger partial charge in [0, 0.05) is 30.1 Å². The Morgan fingerprint density at radius 1 is 1.16 bits per heavy atom. The van der Waals surface area contributed by atoms with Crippen molar-refractivity contribution in [3.63, 3.8) is 0 Å². The largest absolute Gasteiger partial charge is 0.292 e. The molecular weight excluding hydrogens is 352 g/mol. The molecule has 1 aromatic heterocycles. The molecule has 1 aromatic carbocycles. The maximum atomic E-state index is 12.6. The van der Waals surface area contributed by atoms with Crippen molar-refractivity contribution in [1.29, 1.82) is 0 Å². The van der Waals surface area contributed by atoms with Crippen LogP contribution in [0, 0.1) is 0 Å². The Bertz CT molecular complexity index is 841. The number of nitrogens with one attached hydrogen (secondary N) is 1. The lowest BCUT2D eigenvalue weighted by molar-refractivity contribution is 0.108. The molecule has 0 spiro atoms. The average molecular weight is 379 g/mol. The van der Waals surface area contributed by atoms with Crippen molar-refractivity contribution >= 4 is 21.4 Å². The van der Waals surface area contributed by atoms with Crippen LogP contribution in [0.1, 0.15) is 36.8 Å². The van der Waals surface area contributed by atoms with E-state index in [9.17, 15) is 8.42 Å². The number of rotatable bonds is 6. The van der Waals surface area contributed by atoms with Crippen LogP contribution in [0.15, 0.2) is 40.6 Å². The van der Waals surface area contributed by atoms with E-state index in [0.29, 0.717) is 10.8 Å². The molecule has 0 radical (unpaired) electrons. The van der Waals surface area contributed by atoms with E-state index in [1.165, 1.54) is 22.5 Å². The average Bonchev–Trinajstić information content (AvgIpc) is 3.10. The predicted molar refractivity (Wildman–Crippen MR) is 104 cm³/mol. The zero-order chi connectivity index (χ0) is 18.1. The normalized spacial score (nSPS) is 16.0. The lowest BCUT2D eigenvalue weighted by Gasteiger charge is -2.41. The summed E-state index contributed by atoms with van der Waals surface area (Å²) in [6, 6.07) is 12.1. The molecule has 0 unspecified atom stereocenters. The van der Waals surface area contributed by atoms with E-state index in [2.05, 4.69) is 47.7 Å². The number of hydrogen-bond donors (Lipinski definition) is 1. The fourth-order valence-corrected chi connectivity index (χ4v) is 5.70. The summed E-state index contributed by atoms with van der Waals surface area (Å²) < 4.78 is 28.4. The smallest absolute Gasteiger partial charge is 0.250 e. The van der Waals surface area contributed by atoms with Gasteiger partial charge in [-0.05, 0) is 49.9 Å². The van der Waals surface area contributed by atoms with Crippen LogP contribution in [0.3, 0.4) is 0 Å². The number of hydrogen-bond acceptors (Lipinski definition) is 4. The highest BCUT2D eigenvalue weighted by molar-refractivity contribution is 7.91. The number of benzene rings is 1. The molecule has 25 heavy (non-hydrogen) atoms. The topological polar surface area (TPSA) is 49.4 Å². The Kier molecular flexibility index (Phi) is 5.34. The number of thiophene rings is 1. The Morgan fingerprint density at radius 3 is 2.56 bits per heavy atom. The first-order valence-corrected chi connectivity index (χ1v) is 11.0.